The molecule has 0 saturated heterocycles. The van der Waals surface area contributed by atoms with Gasteiger partial charge in [-0.3, -0.25) is 19.7 Å². The van der Waals surface area contributed by atoms with Gasteiger partial charge in [0.05, 0.1) is 16.7 Å². The first-order valence-electron chi connectivity index (χ1n) is 10.6. The number of non-ortho nitro benzene ring substituents is 1. The standard InChI is InChI=1S/C26H19N5O4/c1-16(17-7-3-2-4-8-17)28-26(33)22(15-27)23-20-9-5-6-10-21(20)24(29-23)30-25(32)18-11-13-19(14-12-18)31(34)35/h2-14,16H,1H3,(H,28,33)(H,29,30,32)/b23-22-. The quantitative estimate of drug-likeness (QED) is 0.255. The van der Waals surface area contributed by atoms with Crippen molar-refractivity contribution >= 4 is 29.0 Å². The predicted octanol–water partition coefficient (Wildman–Crippen LogP) is 3.90. The van der Waals surface area contributed by atoms with Crippen molar-refractivity contribution < 1.29 is 14.5 Å². The van der Waals surface area contributed by atoms with E-state index in [9.17, 15) is 25.0 Å². The van der Waals surface area contributed by atoms with Crippen LogP contribution in [0.15, 0.2) is 89.4 Å². The molecule has 1 heterocycles. The second kappa shape index (κ2) is 9.80. The number of nitriles is 1. The lowest BCUT2D eigenvalue weighted by molar-refractivity contribution is -0.384. The SMILES string of the molecule is CC(NC(=O)/C(C#N)=C1\N=C(NC(=O)c2ccc([N+](=O)[O-])cc2)c2ccccc21)c1ccccc1. The average Bonchev–Trinajstić information content (AvgIpc) is 3.23. The second-order valence-electron chi connectivity index (χ2n) is 7.71. The number of aliphatic imine (C=N–C) groups is 1. The summed E-state index contributed by atoms with van der Waals surface area (Å²) >= 11 is 0. The van der Waals surface area contributed by atoms with E-state index in [1.54, 1.807) is 24.3 Å². The van der Waals surface area contributed by atoms with E-state index in [0.717, 1.165) is 5.56 Å². The first-order chi connectivity index (χ1) is 16.9. The molecule has 9 heteroatoms. The zero-order chi connectivity index (χ0) is 24.9. The van der Waals surface area contributed by atoms with Gasteiger partial charge in [0.2, 0.25) is 0 Å². The number of amidine groups is 1. The molecular weight excluding hydrogens is 446 g/mol. The van der Waals surface area contributed by atoms with Crippen molar-refractivity contribution in [1.82, 2.24) is 10.6 Å². The molecule has 0 fully saturated rings. The zero-order valence-corrected chi connectivity index (χ0v) is 18.6. The minimum absolute atomic E-state index is 0.135. The fraction of sp³-hybridized carbons (Fsp3) is 0.0769. The van der Waals surface area contributed by atoms with Crippen LogP contribution < -0.4 is 10.6 Å². The van der Waals surface area contributed by atoms with Gasteiger partial charge in [-0.2, -0.15) is 5.26 Å². The molecule has 0 spiro atoms. The average molecular weight is 465 g/mol. The number of carbonyl (C=O) groups excluding carboxylic acids is 2. The third kappa shape index (κ3) is 4.82. The minimum atomic E-state index is -0.583. The summed E-state index contributed by atoms with van der Waals surface area (Å²) in [7, 11) is 0. The van der Waals surface area contributed by atoms with E-state index in [1.165, 1.54) is 24.3 Å². The summed E-state index contributed by atoms with van der Waals surface area (Å²) in [5, 5.41) is 26.2. The maximum atomic E-state index is 13.0. The zero-order valence-electron chi connectivity index (χ0n) is 18.6. The van der Waals surface area contributed by atoms with E-state index in [1.807, 2.05) is 43.3 Å². The van der Waals surface area contributed by atoms with Gasteiger partial charge in [0.25, 0.3) is 17.5 Å². The summed E-state index contributed by atoms with van der Waals surface area (Å²) in [5.74, 6) is -0.939. The topological polar surface area (TPSA) is 137 Å². The molecular formula is C26H19N5O4. The Balaban J connectivity index is 1.63. The molecule has 4 rings (SSSR count). The van der Waals surface area contributed by atoms with Crippen LogP contribution >= 0.6 is 0 Å². The Kier molecular flexibility index (Phi) is 6.46. The number of hydrogen-bond acceptors (Lipinski definition) is 6. The molecule has 0 aliphatic carbocycles. The van der Waals surface area contributed by atoms with E-state index in [0.29, 0.717) is 11.1 Å². The number of fused-ring (bicyclic) bond motifs is 1. The van der Waals surface area contributed by atoms with Crippen LogP contribution in [0, 0.1) is 21.4 Å². The van der Waals surface area contributed by atoms with Crippen molar-refractivity contribution in [1.29, 1.82) is 5.26 Å². The summed E-state index contributed by atoms with van der Waals surface area (Å²) in [6.07, 6.45) is 0. The molecule has 0 radical (unpaired) electrons. The second-order valence-corrected chi connectivity index (χ2v) is 7.71. The third-order valence-corrected chi connectivity index (χ3v) is 5.46. The van der Waals surface area contributed by atoms with Gasteiger partial charge in [-0.25, -0.2) is 4.99 Å². The molecule has 0 aromatic heterocycles. The highest BCUT2D eigenvalue weighted by Gasteiger charge is 2.28. The molecule has 3 aromatic rings. The van der Waals surface area contributed by atoms with Crippen LogP contribution in [0.2, 0.25) is 0 Å². The van der Waals surface area contributed by atoms with Crippen molar-refractivity contribution in [3.05, 3.63) is 117 Å². The highest BCUT2D eigenvalue weighted by molar-refractivity contribution is 6.20. The molecule has 1 unspecified atom stereocenters. The van der Waals surface area contributed by atoms with Gasteiger partial charge in [-0.05, 0) is 24.6 Å². The summed E-state index contributed by atoms with van der Waals surface area (Å²) in [5.41, 5.74) is 2.00. The predicted molar refractivity (Wildman–Crippen MR) is 129 cm³/mol. The Bertz CT molecular complexity index is 1420. The number of amides is 2. The fourth-order valence-corrected chi connectivity index (χ4v) is 3.63. The van der Waals surface area contributed by atoms with Crippen LogP contribution in [-0.4, -0.2) is 22.6 Å². The van der Waals surface area contributed by atoms with Crippen LogP contribution in [0.4, 0.5) is 5.69 Å². The maximum Gasteiger partial charge on any atom is 0.269 e. The molecule has 2 N–H and O–H groups in total. The molecule has 1 atom stereocenters. The smallest absolute Gasteiger partial charge is 0.269 e. The van der Waals surface area contributed by atoms with Crippen LogP contribution in [-0.2, 0) is 4.79 Å². The van der Waals surface area contributed by atoms with E-state index in [-0.39, 0.29) is 34.4 Å². The molecule has 1 aliphatic heterocycles. The van der Waals surface area contributed by atoms with Crippen molar-refractivity contribution in [3.8, 4) is 6.07 Å². The van der Waals surface area contributed by atoms with Gasteiger partial charge < -0.3 is 10.6 Å². The Morgan fingerprint density at radius 3 is 2.23 bits per heavy atom. The molecule has 2 amide bonds. The lowest BCUT2D eigenvalue weighted by atomic mass is 10.0. The molecule has 3 aromatic carbocycles. The van der Waals surface area contributed by atoms with E-state index >= 15 is 0 Å². The van der Waals surface area contributed by atoms with Crippen LogP contribution in [0.25, 0.3) is 5.70 Å². The number of carbonyl (C=O) groups is 2. The number of hydrogen-bond donors (Lipinski definition) is 2. The van der Waals surface area contributed by atoms with Gasteiger partial charge in [0, 0.05) is 28.8 Å². The first-order valence-corrected chi connectivity index (χ1v) is 10.6. The maximum absolute atomic E-state index is 13.0. The van der Waals surface area contributed by atoms with Crippen LogP contribution in [0.5, 0.6) is 0 Å². The molecule has 0 saturated carbocycles. The highest BCUT2D eigenvalue weighted by Crippen LogP contribution is 2.31. The first kappa shape index (κ1) is 23.1. The molecule has 1 aliphatic rings. The molecule has 0 bridgehead atoms. The van der Waals surface area contributed by atoms with Crippen molar-refractivity contribution in [2.75, 3.05) is 0 Å². The van der Waals surface area contributed by atoms with Gasteiger partial charge in [-0.1, -0.05) is 54.6 Å². The number of nitro groups is 1. The third-order valence-electron chi connectivity index (χ3n) is 5.46. The minimum Gasteiger partial charge on any atom is -0.345 e. The normalized spacial score (nSPS) is 14.1. The summed E-state index contributed by atoms with van der Waals surface area (Å²) in [4.78, 5) is 40.5. The molecule has 9 nitrogen and oxygen atoms in total. The number of nitrogens with one attached hydrogen (secondary N) is 2. The van der Waals surface area contributed by atoms with Gasteiger partial charge in [0.1, 0.15) is 17.5 Å². The largest absolute Gasteiger partial charge is 0.345 e. The monoisotopic (exact) mass is 465 g/mol. The summed E-state index contributed by atoms with van der Waals surface area (Å²) < 4.78 is 0. The Hall–Kier alpha value is -5.10. The van der Waals surface area contributed by atoms with Crippen molar-refractivity contribution in [3.63, 3.8) is 0 Å². The summed E-state index contributed by atoms with van der Waals surface area (Å²) in [6, 6.07) is 23.0. The molecule has 35 heavy (non-hydrogen) atoms. The number of rotatable bonds is 5. The lowest BCUT2D eigenvalue weighted by Gasteiger charge is -2.14. The van der Waals surface area contributed by atoms with E-state index in [4.69, 9.17) is 0 Å². The van der Waals surface area contributed by atoms with Gasteiger partial charge >= 0.3 is 0 Å². The van der Waals surface area contributed by atoms with E-state index < -0.39 is 16.7 Å². The van der Waals surface area contributed by atoms with E-state index in [2.05, 4.69) is 15.6 Å². The number of nitro benzene ring substituents is 1. The van der Waals surface area contributed by atoms with Crippen molar-refractivity contribution in [2.45, 2.75) is 13.0 Å². The Labute approximate surface area is 200 Å². The number of benzene rings is 3. The fourth-order valence-electron chi connectivity index (χ4n) is 3.63. The van der Waals surface area contributed by atoms with Gasteiger partial charge in [-0.15, -0.1) is 0 Å². The van der Waals surface area contributed by atoms with Gasteiger partial charge in [0.15, 0.2) is 0 Å². The van der Waals surface area contributed by atoms with Crippen LogP contribution in [0.3, 0.4) is 0 Å². The summed E-state index contributed by atoms with van der Waals surface area (Å²) in [6.45, 7) is 1.81. The Morgan fingerprint density at radius 2 is 1.60 bits per heavy atom. The van der Waals surface area contributed by atoms with Crippen molar-refractivity contribution in [2.24, 2.45) is 4.99 Å². The highest BCUT2D eigenvalue weighted by atomic mass is 16.6. The Morgan fingerprint density at radius 1 is 0.971 bits per heavy atom. The lowest BCUT2D eigenvalue weighted by Crippen LogP contribution is -2.30. The van der Waals surface area contributed by atoms with Crippen LogP contribution in [0.1, 0.15) is 40.0 Å². The number of nitrogens with zero attached hydrogens (tertiary/aromatic N) is 3. The molecule has 172 valence electrons.